The van der Waals surface area contributed by atoms with Gasteiger partial charge in [0.05, 0.1) is 24.4 Å². The number of fused-ring (bicyclic) bond motifs is 1. The van der Waals surface area contributed by atoms with Gasteiger partial charge >= 0.3 is 0 Å². The second kappa shape index (κ2) is 4.75. The molecule has 0 spiro atoms. The van der Waals surface area contributed by atoms with E-state index in [1.165, 1.54) is 0 Å². The standard InChI is InChI=1S/C13H18ClNO2/c1-13(2,3)16-8-10-7-15-11-5-4-9(14)6-12(11)17-10/h4-6,10,15H,7-8H2,1-3H3. The Morgan fingerprint density at radius 1 is 1.47 bits per heavy atom. The summed E-state index contributed by atoms with van der Waals surface area (Å²) in [6.45, 7) is 7.43. The van der Waals surface area contributed by atoms with Gasteiger partial charge in [-0.25, -0.2) is 0 Å². The van der Waals surface area contributed by atoms with Gasteiger partial charge in [-0.05, 0) is 32.9 Å². The van der Waals surface area contributed by atoms with E-state index in [0.29, 0.717) is 11.6 Å². The molecule has 0 radical (unpaired) electrons. The number of halogens is 1. The zero-order chi connectivity index (χ0) is 12.5. The van der Waals surface area contributed by atoms with E-state index in [4.69, 9.17) is 21.1 Å². The number of ether oxygens (including phenoxy) is 2. The number of anilines is 1. The molecule has 0 saturated carbocycles. The summed E-state index contributed by atoms with van der Waals surface area (Å²) < 4.78 is 11.6. The maximum Gasteiger partial charge on any atom is 0.144 e. The number of benzene rings is 1. The molecule has 0 fully saturated rings. The van der Waals surface area contributed by atoms with Crippen LogP contribution in [0.1, 0.15) is 20.8 Å². The molecule has 4 heteroatoms. The predicted octanol–water partition coefficient (Wildman–Crippen LogP) is 3.33. The first-order valence-electron chi connectivity index (χ1n) is 5.78. The minimum atomic E-state index is -0.141. The lowest BCUT2D eigenvalue weighted by molar-refractivity contribution is -0.0397. The quantitative estimate of drug-likeness (QED) is 0.879. The molecule has 1 aromatic carbocycles. The Kier molecular flexibility index (Phi) is 3.50. The summed E-state index contributed by atoms with van der Waals surface area (Å²) in [5.41, 5.74) is 0.847. The van der Waals surface area contributed by atoms with E-state index in [1.54, 1.807) is 0 Å². The van der Waals surface area contributed by atoms with Gasteiger partial charge in [-0.1, -0.05) is 11.6 Å². The third-order valence-corrected chi connectivity index (χ3v) is 2.69. The highest BCUT2D eigenvalue weighted by atomic mass is 35.5. The lowest BCUT2D eigenvalue weighted by Gasteiger charge is -2.30. The van der Waals surface area contributed by atoms with Crippen molar-refractivity contribution >= 4 is 17.3 Å². The molecular weight excluding hydrogens is 238 g/mol. The van der Waals surface area contributed by atoms with Gasteiger partial charge in [0.2, 0.25) is 0 Å². The van der Waals surface area contributed by atoms with Crippen LogP contribution < -0.4 is 10.1 Å². The summed E-state index contributed by atoms with van der Waals surface area (Å²) in [7, 11) is 0. The van der Waals surface area contributed by atoms with Crippen molar-refractivity contribution in [2.75, 3.05) is 18.5 Å². The summed E-state index contributed by atoms with van der Waals surface area (Å²) in [6.07, 6.45) is 0.0280. The molecule has 1 atom stereocenters. The van der Waals surface area contributed by atoms with Gasteiger partial charge < -0.3 is 14.8 Å². The molecule has 1 aliphatic heterocycles. The third-order valence-electron chi connectivity index (χ3n) is 2.46. The van der Waals surface area contributed by atoms with E-state index in [-0.39, 0.29) is 11.7 Å². The van der Waals surface area contributed by atoms with Crippen LogP contribution in [0, 0.1) is 0 Å². The van der Waals surface area contributed by atoms with Crippen molar-refractivity contribution in [3.05, 3.63) is 23.2 Å². The smallest absolute Gasteiger partial charge is 0.144 e. The normalized spacial score (nSPS) is 19.2. The van der Waals surface area contributed by atoms with Crippen LogP contribution >= 0.6 is 11.6 Å². The number of hydrogen-bond acceptors (Lipinski definition) is 3. The molecule has 0 saturated heterocycles. The Balaban J connectivity index is 1.98. The molecule has 0 aliphatic carbocycles. The molecule has 1 aliphatic rings. The minimum absolute atomic E-state index is 0.0280. The molecule has 94 valence electrons. The zero-order valence-corrected chi connectivity index (χ0v) is 11.2. The largest absolute Gasteiger partial charge is 0.484 e. The van der Waals surface area contributed by atoms with Crippen molar-refractivity contribution in [1.29, 1.82) is 0 Å². The fourth-order valence-electron chi connectivity index (χ4n) is 1.62. The highest BCUT2D eigenvalue weighted by molar-refractivity contribution is 6.30. The molecule has 1 aromatic rings. The van der Waals surface area contributed by atoms with E-state index in [2.05, 4.69) is 5.32 Å². The Morgan fingerprint density at radius 2 is 2.24 bits per heavy atom. The van der Waals surface area contributed by atoms with Crippen LogP contribution in [-0.2, 0) is 4.74 Å². The summed E-state index contributed by atoms with van der Waals surface area (Å²) in [5, 5.41) is 4.00. The van der Waals surface area contributed by atoms with E-state index < -0.39 is 0 Å². The lowest BCUT2D eigenvalue weighted by atomic mass is 10.2. The SMILES string of the molecule is CC(C)(C)OCC1CNc2ccc(Cl)cc2O1. The van der Waals surface area contributed by atoms with Crippen molar-refractivity contribution in [3.8, 4) is 5.75 Å². The molecule has 1 heterocycles. The number of rotatable bonds is 2. The maximum atomic E-state index is 5.93. The van der Waals surface area contributed by atoms with Crippen molar-refractivity contribution in [2.45, 2.75) is 32.5 Å². The lowest BCUT2D eigenvalue weighted by Crippen LogP contribution is -2.37. The monoisotopic (exact) mass is 255 g/mol. The fourth-order valence-corrected chi connectivity index (χ4v) is 1.78. The molecule has 1 N–H and O–H groups in total. The highest BCUT2D eigenvalue weighted by Crippen LogP contribution is 2.31. The third kappa shape index (κ3) is 3.51. The van der Waals surface area contributed by atoms with Crippen molar-refractivity contribution in [1.82, 2.24) is 0 Å². The molecule has 2 rings (SSSR count). The molecule has 1 unspecified atom stereocenters. The molecule has 0 bridgehead atoms. The summed E-state index contributed by atoms with van der Waals surface area (Å²) in [4.78, 5) is 0. The zero-order valence-electron chi connectivity index (χ0n) is 10.4. The van der Waals surface area contributed by atoms with Crippen LogP contribution in [0.15, 0.2) is 18.2 Å². The van der Waals surface area contributed by atoms with Crippen LogP contribution in [0.2, 0.25) is 5.02 Å². The molecule has 0 aromatic heterocycles. The van der Waals surface area contributed by atoms with Crippen molar-refractivity contribution in [2.24, 2.45) is 0 Å². The van der Waals surface area contributed by atoms with Crippen molar-refractivity contribution < 1.29 is 9.47 Å². The van der Waals surface area contributed by atoms with E-state index in [1.807, 2.05) is 39.0 Å². The molecule has 0 amide bonds. The van der Waals surface area contributed by atoms with Gasteiger partial charge in [0.1, 0.15) is 11.9 Å². The van der Waals surface area contributed by atoms with Crippen molar-refractivity contribution in [3.63, 3.8) is 0 Å². The maximum absolute atomic E-state index is 5.93. The Hall–Kier alpha value is -0.930. The molecular formula is C13H18ClNO2. The first kappa shape index (κ1) is 12.5. The van der Waals surface area contributed by atoms with E-state index >= 15 is 0 Å². The Morgan fingerprint density at radius 3 is 2.94 bits per heavy atom. The van der Waals surface area contributed by atoms with Crippen LogP contribution in [0.25, 0.3) is 0 Å². The predicted molar refractivity (Wildman–Crippen MR) is 70.1 cm³/mol. The average molecular weight is 256 g/mol. The summed E-state index contributed by atoms with van der Waals surface area (Å²) in [5.74, 6) is 0.797. The van der Waals surface area contributed by atoms with Crippen LogP contribution in [0.3, 0.4) is 0 Å². The van der Waals surface area contributed by atoms with E-state index in [0.717, 1.165) is 18.0 Å². The fraction of sp³-hybridized carbons (Fsp3) is 0.538. The minimum Gasteiger partial charge on any atom is -0.484 e. The summed E-state index contributed by atoms with van der Waals surface area (Å²) >= 11 is 5.93. The van der Waals surface area contributed by atoms with Gasteiger partial charge in [-0.15, -0.1) is 0 Å². The Bertz CT molecular complexity index is 401. The van der Waals surface area contributed by atoms with Gasteiger partial charge in [0.25, 0.3) is 0 Å². The van der Waals surface area contributed by atoms with Crippen LogP contribution in [-0.4, -0.2) is 24.9 Å². The van der Waals surface area contributed by atoms with Gasteiger partial charge in [0.15, 0.2) is 0 Å². The van der Waals surface area contributed by atoms with Crippen LogP contribution in [0.5, 0.6) is 5.75 Å². The first-order chi connectivity index (χ1) is 7.94. The highest BCUT2D eigenvalue weighted by Gasteiger charge is 2.22. The van der Waals surface area contributed by atoms with Gasteiger partial charge in [0, 0.05) is 11.1 Å². The summed E-state index contributed by atoms with van der Waals surface area (Å²) in [6, 6.07) is 5.61. The first-order valence-corrected chi connectivity index (χ1v) is 6.16. The van der Waals surface area contributed by atoms with Crippen LogP contribution in [0.4, 0.5) is 5.69 Å². The second-order valence-corrected chi connectivity index (χ2v) is 5.62. The number of nitrogens with one attached hydrogen (secondary N) is 1. The van der Waals surface area contributed by atoms with Gasteiger partial charge in [-0.2, -0.15) is 0 Å². The average Bonchev–Trinajstić information content (AvgIpc) is 2.24. The topological polar surface area (TPSA) is 30.5 Å². The number of hydrogen-bond donors (Lipinski definition) is 1. The molecule has 3 nitrogen and oxygen atoms in total. The second-order valence-electron chi connectivity index (χ2n) is 5.18. The van der Waals surface area contributed by atoms with Gasteiger partial charge in [-0.3, -0.25) is 0 Å². The molecule has 17 heavy (non-hydrogen) atoms. The van der Waals surface area contributed by atoms with E-state index in [9.17, 15) is 0 Å². The Labute approximate surface area is 107 Å².